The van der Waals surface area contributed by atoms with Crippen LogP contribution in [0.5, 0.6) is 0 Å². The molecule has 0 radical (unpaired) electrons. The second-order valence-corrected chi connectivity index (χ2v) is 6.66. The number of furan rings is 1. The molecular weight excluding hydrogens is 224 g/mol. The van der Waals surface area contributed by atoms with Crippen molar-refractivity contribution in [3.63, 3.8) is 0 Å². The Bertz CT molecular complexity index is 480. The largest absolute Gasteiger partial charge is 0.465 e. The molecule has 2 aliphatic carbocycles. The van der Waals surface area contributed by atoms with Crippen molar-refractivity contribution in [3.05, 3.63) is 22.6 Å². The summed E-state index contributed by atoms with van der Waals surface area (Å²) in [6.07, 6.45) is 8.65. The van der Waals surface area contributed by atoms with E-state index >= 15 is 0 Å². The van der Waals surface area contributed by atoms with Crippen LogP contribution >= 0.6 is 0 Å². The molecule has 1 heterocycles. The average molecular weight is 246 g/mol. The normalized spacial score (nSPS) is 22.9. The number of aryl methyl sites for hydroxylation is 1. The minimum Gasteiger partial charge on any atom is -0.465 e. The summed E-state index contributed by atoms with van der Waals surface area (Å²) in [5, 5.41) is 0. The molecule has 0 aliphatic heterocycles. The highest BCUT2D eigenvalue weighted by molar-refractivity contribution is 6.00. The topological polar surface area (TPSA) is 30.2 Å². The van der Waals surface area contributed by atoms with Gasteiger partial charge in [-0.15, -0.1) is 0 Å². The lowest BCUT2D eigenvalue weighted by Gasteiger charge is -2.27. The number of hydrogen-bond acceptors (Lipinski definition) is 2. The predicted octanol–water partition coefficient (Wildman–Crippen LogP) is 4.09. The number of carbonyl (C=O) groups excluding carboxylic acids is 1. The molecule has 0 spiro atoms. The molecule has 2 heteroatoms. The van der Waals surface area contributed by atoms with Crippen LogP contribution in [0, 0.1) is 5.41 Å². The van der Waals surface area contributed by atoms with Gasteiger partial charge in [0, 0.05) is 24.8 Å². The fourth-order valence-corrected chi connectivity index (χ4v) is 3.44. The lowest BCUT2D eigenvalue weighted by atomic mass is 9.75. The van der Waals surface area contributed by atoms with E-state index in [0.29, 0.717) is 12.2 Å². The second-order valence-electron chi connectivity index (χ2n) is 6.66. The highest BCUT2D eigenvalue weighted by Crippen LogP contribution is 2.40. The van der Waals surface area contributed by atoms with Crippen molar-refractivity contribution in [1.29, 1.82) is 0 Å². The second kappa shape index (κ2) is 4.25. The quantitative estimate of drug-likeness (QED) is 0.690. The first-order valence-electron chi connectivity index (χ1n) is 7.23. The van der Waals surface area contributed by atoms with Crippen molar-refractivity contribution in [2.45, 2.75) is 65.2 Å². The summed E-state index contributed by atoms with van der Waals surface area (Å²) in [5.74, 6) is 2.40. The van der Waals surface area contributed by atoms with Crippen molar-refractivity contribution < 1.29 is 9.21 Å². The van der Waals surface area contributed by atoms with Gasteiger partial charge in [-0.3, -0.25) is 4.79 Å². The maximum absolute atomic E-state index is 12.4. The van der Waals surface area contributed by atoms with Gasteiger partial charge in [-0.05, 0) is 24.7 Å². The molecule has 0 saturated heterocycles. The minimum absolute atomic E-state index is 0.0661. The van der Waals surface area contributed by atoms with E-state index in [9.17, 15) is 4.79 Å². The Morgan fingerprint density at radius 2 is 1.67 bits per heavy atom. The van der Waals surface area contributed by atoms with Crippen LogP contribution in [0.1, 0.15) is 73.4 Å². The summed E-state index contributed by atoms with van der Waals surface area (Å²) < 4.78 is 6.05. The summed E-state index contributed by atoms with van der Waals surface area (Å²) in [6, 6.07) is 0. The molecule has 0 amide bonds. The molecule has 0 N–H and O–H groups in total. The summed E-state index contributed by atoms with van der Waals surface area (Å²) in [6.45, 7) is 4.32. The summed E-state index contributed by atoms with van der Waals surface area (Å²) >= 11 is 0. The van der Waals surface area contributed by atoms with E-state index in [-0.39, 0.29) is 5.41 Å². The number of hydrogen-bond donors (Lipinski definition) is 0. The van der Waals surface area contributed by atoms with Gasteiger partial charge in [-0.1, -0.05) is 26.7 Å². The molecule has 98 valence electrons. The van der Waals surface area contributed by atoms with Gasteiger partial charge >= 0.3 is 0 Å². The Morgan fingerprint density at radius 3 is 2.44 bits per heavy atom. The SMILES string of the molecule is CC1(C)CC(=O)c2c(oc3c2CCCCCC3)C1. The molecule has 2 aliphatic rings. The minimum atomic E-state index is 0.0661. The Hall–Kier alpha value is -1.05. The van der Waals surface area contributed by atoms with Crippen LogP contribution in [-0.2, 0) is 19.3 Å². The first kappa shape index (κ1) is 12.0. The van der Waals surface area contributed by atoms with Gasteiger partial charge in [0.2, 0.25) is 0 Å². The number of rotatable bonds is 0. The van der Waals surface area contributed by atoms with E-state index < -0.39 is 0 Å². The molecule has 0 fully saturated rings. The third-order valence-corrected chi connectivity index (χ3v) is 4.30. The Balaban J connectivity index is 2.05. The molecular formula is C16H22O2. The highest BCUT2D eigenvalue weighted by Gasteiger charge is 2.36. The monoisotopic (exact) mass is 246 g/mol. The summed E-state index contributed by atoms with van der Waals surface area (Å²) in [4.78, 5) is 12.4. The van der Waals surface area contributed by atoms with Crippen molar-refractivity contribution >= 4 is 5.78 Å². The van der Waals surface area contributed by atoms with Crippen molar-refractivity contribution in [1.82, 2.24) is 0 Å². The van der Waals surface area contributed by atoms with Gasteiger partial charge in [-0.25, -0.2) is 0 Å². The van der Waals surface area contributed by atoms with Crippen molar-refractivity contribution in [2.24, 2.45) is 5.41 Å². The van der Waals surface area contributed by atoms with E-state index in [1.165, 1.54) is 31.2 Å². The smallest absolute Gasteiger partial charge is 0.167 e. The van der Waals surface area contributed by atoms with Crippen LogP contribution in [0.2, 0.25) is 0 Å². The molecule has 0 atom stereocenters. The molecule has 1 aromatic heterocycles. The van der Waals surface area contributed by atoms with Gasteiger partial charge in [-0.2, -0.15) is 0 Å². The molecule has 0 unspecified atom stereocenters. The average Bonchev–Trinajstić information content (AvgIpc) is 2.53. The fourth-order valence-electron chi connectivity index (χ4n) is 3.44. The number of ketones is 1. The summed E-state index contributed by atoms with van der Waals surface area (Å²) in [7, 11) is 0. The zero-order valence-corrected chi connectivity index (χ0v) is 11.5. The zero-order chi connectivity index (χ0) is 12.8. The fraction of sp³-hybridized carbons (Fsp3) is 0.688. The Kier molecular flexibility index (Phi) is 2.84. The van der Waals surface area contributed by atoms with Crippen LogP contribution in [0.4, 0.5) is 0 Å². The zero-order valence-electron chi connectivity index (χ0n) is 11.5. The van der Waals surface area contributed by atoms with Crippen LogP contribution in [-0.4, -0.2) is 5.78 Å². The maximum Gasteiger partial charge on any atom is 0.167 e. The molecule has 0 bridgehead atoms. The third kappa shape index (κ3) is 2.02. The lowest BCUT2D eigenvalue weighted by Crippen LogP contribution is -2.26. The van der Waals surface area contributed by atoms with Gasteiger partial charge < -0.3 is 4.42 Å². The molecule has 0 saturated carbocycles. The van der Waals surface area contributed by atoms with Gasteiger partial charge in [0.1, 0.15) is 11.5 Å². The lowest BCUT2D eigenvalue weighted by molar-refractivity contribution is 0.0903. The Labute approximate surface area is 109 Å². The number of fused-ring (bicyclic) bond motifs is 3. The standard InChI is InChI=1S/C16H22O2/c1-16(2)9-12(17)15-11-7-5-3-4-6-8-13(11)18-14(15)10-16/h3-10H2,1-2H3. The molecule has 18 heavy (non-hydrogen) atoms. The van der Waals surface area contributed by atoms with Crippen LogP contribution in [0.25, 0.3) is 0 Å². The van der Waals surface area contributed by atoms with Crippen molar-refractivity contribution in [2.75, 3.05) is 0 Å². The van der Waals surface area contributed by atoms with Crippen LogP contribution < -0.4 is 0 Å². The van der Waals surface area contributed by atoms with E-state index in [1.807, 2.05) is 0 Å². The van der Waals surface area contributed by atoms with E-state index in [1.54, 1.807) is 0 Å². The molecule has 0 aromatic carbocycles. The first-order valence-corrected chi connectivity index (χ1v) is 7.23. The van der Waals surface area contributed by atoms with E-state index in [2.05, 4.69) is 13.8 Å². The number of carbonyl (C=O) groups is 1. The Morgan fingerprint density at radius 1 is 0.944 bits per heavy atom. The predicted molar refractivity (Wildman–Crippen MR) is 71.0 cm³/mol. The maximum atomic E-state index is 12.4. The molecule has 1 aromatic rings. The molecule has 2 nitrogen and oxygen atoms in total. The van der Waals surface area contributed by atoms with E-state index in [4.69, 9.17) is 4.42 Å². The summed E-state index contributed by atoms with van der Waals surface area (Å²) in [5.41, 5.74) is 2.29. The van der Waals surface area contributed by atoms with E-state index in [0.717, 1.165) is 36.3 Å². The van der Waals surface area contributed by atoms with Gasteiger partial charge in [0.05, 0.1) is 5.56 Å². The number of Topliss-reactive ketones (excluding diaryl/α,β-unsaturated/α-hetero) is 1. The van der Waals surface area contributed by atoms with Gasteiger partial charge in [0.25, 0.3) is 0 Å². The van der Waals surface area contributed by atoms with Crippen molar-refractivity contribution in [3.8, 4) is 0 Å². The van der Waals surface area contributed by atoms with Crippen LogP contribution in [0.3, 0.4) is 0 Å². The third-order valence-electron chi connectivity index (χ3n) is 4.30. The van der Waals surface area contributed by atoms with Gasteiger partial charge in [0.15, 0.2) is 5.78 Å². The highest BCUT2D eigenvalue weighted by atomic mass is 16.3. The van der Waals surface area contributed by atoms with Crippen LogP contribution in [0.15, 0.2) is 4.42 Å². The first-order chi connectivity index (χ1) is 8.57. The molecule has 3 rings (SSSR count).